The Morgan fingerprint density at radius 2 is 1.87 bits per heavy atom. The van der Waals surface area contributed by atoms with E-state index in [2.05, 4.69) is 5.32 Å². The molecular formula is C12H20FNO. The first kappa shape index (κ1) is 10.0. The van der Waals surface area contributed by atoms with Gasteiger partial charge in [0.05, 0.1) is 6.61 Å². The van der Waals surface area contributed by atoms with Crippen LogP contribution in [0.1, 0.15) is 38.5 Å². The molecule has 0 spiro atoms. The molecule has 3 unspecified atom stereocenters. The van der Waals surface area contributed by atoms with Crippen LogP contribution < -0.4 is 5.32 Å². The fourth-order valence-electron chi connectivity index (χ4n) is 3.61. The van der Waals surface area contributed by atoms with Crippen molar-refractivity contribution in [3.05, 3.63) is 0 Å². The summed E-state index contributed by atoms with van der Waals surface area (Å²) in [4.78, 5) is 0. The summed E-state index contributed by atoms with van der Waals surface area (Å²) in [6.45, 7) is 1.48. The molecule has 3 saturated heterocycles. The number of fused-ring (bicyclic) bond motifs is 2. The minimum Gasteiger partial charge on any atom is -0.381 e. The largest absolute Gasteiger partial charge is 0.381 e. The number of alkyl halides is 1. The van der Waals surface area contributed by atoms with Crippen LogP contribution in [0.2, 0.25) is 0 Å². The molecule has 0 aromatic heterocycles. The van der Waals surface area contributed by atoms with Gasteiger partial charge in [0, 0.05) is 24.6 Å². The van der Waals surface area contributed by atoms with E-state index in [9.17, 15) is 4.39 Å². The molecule has 15 heavy (non-hydrogen) atoms. The van der Waals surface area contributed by atoms with Crippen LogP contribution in [0.5, 0.6) is 0 Å². The van der Waals surface area contributed by atoms with Crippen molar-refractivity contribution in [3.63, 3.8) is 0 Å². The Morgan fingerprint density at radius 3 is 2.47 bits per heavy atom. The predicted molar refractivity (Wildman–Crippen MR) is 56.6 cm³/mol. The number of rotatable bonds is 1. The lowest BCUT2D eigenvalue weighted by Crippen LogP contribution is -2.51. The molecule has 0 aromatic rings. The Kier molecular flexibility index (Phi) is 2.48. The summed E-state index contributed by atoms with van der Waals surface area (Å²) in [5.41, 5.74) is -0.933. The van der Waals surface area contributed by atoms with E-state index in [0.717, 1.165) is 32.3 Å². The van der Waals surface area contributed by atoms with E-state index in [0.29, 0.717) is 18.7 Å². The maximum absolute atomic E-state index is 14.9. The highest BCUT2D eigenvalue weighted by Crippen LogP contribution is 2.43. The van der Waals surface area contributed by atoms with Gasteiger partial charge in [0.1, 0.15) is 5.67 Å². The summed E-state index contributed by atoms with van der Waals surface area (Å²) in [6, 6.07) is 0.881. The molecule has 3 fully saturated rings. The van der Waals surface area contributed by atoms with Crippen molar-refractivity contribution < 1.29 is 9.13 Å². The third-order valence-corrected chi connectivity index (χ3v) is 4.40. The molecule has 1 N–H and O–H groups in total. The molecule has 3 heteroatoms. The van der Waals surface area contributed by atoms with Crippen LogP contribution in [0.15, 0.2) is 0 Å². The van der Waals surface area contributed by atoms with Crippen molar-refractivity contribution in [1.29, 1.82) is 0 Å². The van der Waals surface area contributed by atoms with Crippen LogP contribution in [0.3, 0.4) is 0 Å². The van der Waals surface area contributed by atoms with E-state index in [4.69, 9.17) is 4.74 Å². The van der Waals surface area contributed by atoms with Crippen molar-refractivity contribution in [3.8, 4) is 0 Å². The summed E-state index contributed by atoms with van der Waals surface area (Å²) in [5, 5.41) is 3.50. The Bertz CT molecular complexity index is 228. The number of piperidine rings is 1. The van der Waals surface area contributed by atoms with Crippen LogP contribution in [-0.2, 0) is 4.74 Å². The van der Waals surface area contributed by atoms with Gasteiger partial charge in [0.2, 0.25) is 0 Å². The molecule has 0 aromatic carbocycles. The Labute approximate surface area is 90.6 Å². The minimum absolute atomic E-state index is 0.163. The minimum atomic E-state index is -0.933. The summed E-state index contributed by atoms with van der Waals surface area (Å²) < 4.78 is 20.3. The number of nitrogens with one attached hydrogen (secondary N) is 1. The Balaban J connectivity index is 1.72. The zero-order valence-corrected chi connectivity index (χ0v) is 9.18. The first-order valence-corrected chi connectivity index (χ1v) is 6.29. The van der Waals surface area contributed by atoms with Gasteiger partial charge < -0.3 is 10.1 Å². The first-order valence-electron chi connectivity index (χ1n) is 6.29. The molecule has 0 aliphatic carbocycles. The van der Waals surface area contributed by atoms with Gasteiger partial charge >= 0.3 is 0 Å². The lowest BCUT2D eigenvalue weighted by Gasteiger charge is -2.41. The molecule has 0 amide bonds. The van der Waals surface area contributed by atoms with Crippen molar-refractivity contribution in [2.45, 2.75) is 56.3 Å². The summed E-state index contributed by atoms with van der Waals surface area (Å²) >= 11 is 0. The first-order chi connectivity index (χ1) is 7.26. The highest BCUT2D eigenvalue weighted by Gasteiger charge is 2.48. The standard InChI is InChI=1S/C12H20FNO/c13-12(9-2-1-5-15-8-9)6-10-3-4-11(7-12)14-10/h9-11,14H,1-8H2. The van der Waals surface area contributed by atoms with Gasteiger partial charge in [-0.15, -0.1) is 0 Å². The smallest absolute Gasteiger partial charge is 0.119 e. The van der Waals surface area contributed by atoms with E-state index in [1.54, 1.807) is 0 Å². The molecule has 86 valence electrons. The second-order valence-electron chi connectivity index (χ2n) is 5.49. The average molecular weight is 213 g/mol. The van der Waals surface area contributed by atoms with Gasteiger partial charge in [-0.1, -0.05) is 0 Å². The number of ether oxygens (including phenoxy) is 1. The highest BCUT2D eigenvalue weighted by molar-refractivity contribution is 5.03. The number of halogens is 1. The number of hydrogen-bond donors (Lipinski definition) is 1. The molecule has 3 heterocycles. The third-order valence-electron chi connectivity index (χ3n) is 4.40. The van der Waals surface area contributed by atoms with Gasteiger partial charge in [-0.25, -0.2) is 4.39 Å². The molecule has 3 rings (SSSR count). The zero-order chi connectivity index (χ0) is 10.3. The molecular weight excluding hydrogens is 193 g/mol. The lowest BCUT2D eigenvalue weighted by atomic mass is 9.76. The topological polar surface area (TPSA) is 21.3 Å². The summed E-state index contributed by atoms with van der Waals surface area (Å²) in [5.74, 6) is 0.163. The maximum Gasteiger partial charge on any atom is 0.119 e. The Hall–Kier alpha value is -0.150. The van der Waals surface area contributed by atoms with Gasteiger partial charge in [-0.05, 0) is 38.5 Å². The van der Waals surface area contributed by atoms with Crippen LogP contribution in [0.4, 0.5) is 4.39 Å². The Morgan fingerprint density at radius 1 is 1.13 bits per heavy atom. The van der Waals surface area contributed by atoms with Crippen LogP contribution in [0, 0.1) is 5.92 Å². The monoisotopic (exact) mass is 213 g/mol. The summed E-state index contributed by atoms with van der Waals surface area (Å²) in [6.07, 6.45) is 5.85. The molecule has 0 saturated carbocycles. The number of hydrogen-bond acceptors (Lipinski definition) is 2. The van der Waals surface area contributed by atoms with Crippen LogP contribution >= 0.6 is 0 Å². The van der Waals surface area contributed by atoms with E-state index < -0.39 is 5.67 Å². The molecule has 3 atom stereocenters. The van der Waals surface area contributed by atoms with Gasteiger partial charge in [-0.3, -0.25) is 0 Å². The molecule has 3 aliphatic heterocycles. The zero-order valence-electron chi connectivity index (χ0n) is 9.18. The predicted octanol–water partition coefficient (Wildman–Crippen LogP) is 2.04. The van der Waals surface area contributed by atoms with Crippen LogP contribution in [-0.4, -0.2) is 31.0 Å². The molecule has 0 radical (unpaired) electrons. The lowest BCUT2D eigenvalue weighted by molar-refractivity contribution is -0.0518. The van der Waals surface area contributed by atoms with E-state index in [1.165, 1.54) is 12.8 Å². The SMILES string of the molecule is FC1(C2CCCOC2)CC2CCC(C1)N2. The second-order valence-corrected chi connectivity index (χ2v) is 5.49. The van der Waals surface area contributed by atoms with E-state index in [-0.39, 0.29) is 5.92 Å². The molecule has 2 nitrogen and oxygen atoms in total. The van der Waals surface area contributed by atoms with Gasteiger partial charge in [0.25, 0.3) is 0 Å². The van der Waals surface area contributed by atoms with E-state index in [1.807, 2.05) is 0 Å². The van der Waals surface area contributed by atoms with Crippen molar-refractivity contribution in [1.82, 2.24) is 5.32 Å². The molecule has 3 aliphatic rings. The third kappa shape index (κ3) is 1.80. The normalized spacial score (nSPS) is 50.6. The quantitative estimate of drug-likeness (QED) is 0.719. The fraction of sp³-hybridized carbons (Fsp3) is 1.00. The van der Waals surface area contributed by atoms with Crippen molar-refractivity contribution >= 4 is 0 Å². The summed E-state index contributed by atoms with van der Waals surface area (Å²) in [7, 11) is 0. The van der Waals surface area contributed by atoms with Crippen molar-refractivity contribution in [2.75, 3.05) is 13.2 Å². The molecule has 2 bridgehead atoms. The van der Waals surface area contributed by atoms with Crippen molar-refractivity contribution in [2.24, 2.45) is 5.92 Å². The maximum atomic E-state index is 14.9. The average Bonchev–Trinajstić information content (AvgIpc) is 2.60. The van der Waals surface area contributed by atoms with Gasteiger partial charge in [0.15, 0.2) is 0 Å². The van der Waals surface area contributed by atoms with E-state index >= 15 is 0 Å². The van der Waals surface area contributed by atoms with Crippen LogP contribution in [0.25, 0.3) is 0 Å². The fourth-order valence-corrected chi connectivity index (χ4v) is 3.61. The highest BCUT2D eigenvalue weighted by atomic mass is 19.1. The van der Waals surface area contributed by atoms with Gasteiger partial charge in [-0.2, -0.15) is 0 Å². The second kappa shape index (κ2) is 3.70.